The van der Waals surface area contributed by atoms with E-state index in [-0.39, 0.29) is 6.17 Å². The van der Waals surface area contributed by atoms with Gasteiger partial charge in [-0.05, 0) is 39.5 Å². The molecule has 0 fully saturated rings. The van der Waals surface area contributed by atoms with Crippen LogP contribution in [-0.4, -0.2) is 17.2 Å². The van der Waals surface area contributed by atoms with Crippen LogP contribution < -0.4 is 11.1 Å². The molecule has 1 rings (SSSR count). The minimum Gasteiger partial charge on any atom is -0.370 e. The van der Waals surface area contributed by atoms with Crippen molar-refractivity contribution < 1.29 is 0 Å². The summed E-state index contributed by atoms with van der Waals surface area (Å²) >= 11 is 0. The Balaban J connectivity index is 2.09. The largest absolute Gasteiger partial charge is 0.370 e. The maximum absolute atomic E-state index is 5.88. The van der Waals surface area contributed by atoms with Crippen molar-refractivity contribution in [3.8, 4) is 0 Å². The van der Waals surface area contributed by atoms with Gasteiger partial charge in [-0.15, -0.1) is 0 Å². The van der Waals surface area contributed by atoms with Crippen LogP contribution in [0.5, 0.6) is 0 Å². The molecule has 3 heteroatoms. The average molecular weight is 223 g/mol. The number of rotatable bonds is 7. The predicted octanol–water partition coefficient (Wildman–Crippen LogP) is 2.52. The molecular formula is C13H25N3. The van der Waals surface area contributed by atoms with Crippen LogP contribution in [0.2, 0.25) is 0 Å². The Labute approximate surface area is 99.4 Å². The first kappa shape index (κ1) is 13.1. The van der Waals surface area contributed by atoms with Gasteiger partial charge in [-0.1, -0.05) is 18.6 Å². The molecule has 16 heavy (non-hydrogen) atoms. The number of nitrogens with one attached hydrogen (secondary N) is 1. The van der Waals surface area contributed by atoms with Gasteiger partial charge in [0.15, 0.2) is 0 Å². The second-order valence-corrected chi connectivity index (χ2v) is 4.39. The first-order chi connectivity index (χ1) is 7.75. The first-order valence-corrected chi connectivity index (χ1v) is 6.32. The van der Waals surface area contributed by atoms with Gasteiger partial charge >= 0.3 is 0 Å². The van der Waals surface area contributed by atoms with Gasteiger partial charge in [-0.2, -0.15) is 0 Å². The van der Waals surface area contributed by atoms with Crippen LogP contribution in [0.3, 0.4) is 0 Å². The van der Waals surface area contributed by atoms with Gasteiger partial charge in [0, 0.05) is 12.4 Å². The van der Waals surface area contributed by atoms with Gasteiger partial charge in [0.2, 0.25) is 0 Å². The van der Waals surface area contributed by atoms with E-state index in [1.807, 2.05) is 13.1 Å². The summed E-state index contributed by atoms with van der Waals surface area (Å²) in [4.78, 5) is 2.19. The van der Waals surface area contributed by atoms with Crippen LogP contribution in [0.25, 0.3) is 0 Å². The highest BCUT2D eigenvalue weighted by Gasteiger charge is 2.20. The zero-order valence-corrected chi connectivity index (χ0v) is 10.5. The third kappa shape index (κ3) is 4.27. The molecule has 0 aliphatic carbocycles. The fourth-order valence-corrected chi connectivity index (χ4v) is 2.03. The van der Waals surface area contributed by atoms with Crippen molar-refractivity contribution in [3.05, 3.63) is 24.6 Å². The molecule has 0 aromatic rings. The van der Waals surface area contributed by atoms with E-state index in [1.165, 1.54) is 32.1 Å². The minimum atomic E-state index is 0.0966. The number of hydrogen-bond donors (Lipinski definition) is 2. The maximum Gasteiger partial charge on any atom is 0.0995 e. The molecule has 3 nitrogen and oxygen atoms in total. The Bertz CT molecular complexity index is 233. The first-order valence-electron chi connectivity index (χ1n) is 6.32. The molecule has 0 saturated carbocycles. The average Bonchev–Trinajstić information content (AvgIpc) is 2.71. The lowest BCUT2D eigenvalue weighted by Gasteiger charge is -2.28. The van der Waals surface area contributed by atoms with E-state index in [9.17, 15) is 0 Å². The predicted molar refractivity (Wildman–Crippen MR) is 69.5 cm³/mol. The van der Waals surface area contributed by atoms with Gasteiger partial charge in [0.05, 0.1) is 12.3 Å². The van der Waals surface area contributed by atoms with E-state index in [2.05, 4.69) is 35.5 Å². The lowest BCUT2D eigenvalue weighted by atomic mass is 10.1. The van der Waals surface area contributed by atoms with E-state index in [0.717, 1.165) is 0 Å². The van der Waals surface area contributed by atoms with Crippen molar-refractivity contribution in [1.82, 2.24) is 10.2 Å². The van der Waals surface area contributed by atoms with Crippen LogP contribution in [0, 0.1) is 0 Å². The van der Waals surface area contributed by atoms with Gasteiger partial charge in [0.1, 0.15) is 0 Å². The number of nitrogens with zero attached hydrogens (tertiary/aromatic N) is 1. The summed E-state index contributed by atoms with van der Waals surface area (Å²) in [7, 11) is 0. The van der Waals surface area contributed by atoms with Crippen LogP contribution in [0.1, 0.15) is 46.0 Å². The monoisotopic (exact) mass is 223 g/mol. The Morgan fingerprint density at radius 1 is 1.44 bits per heavy atom. The highest BCUT2D eigenvalue weighted by molar-refractivity contribution is 4.95. The molecule has 1 aliphatic rings. The maximum atomic E-state index is 5.88. The summed E-state index contributed by atoms with van der Waals surface area (Å²) in [5.41, 5.74) is 5.88. The van der Waals surface area contributed by atoms with Gasteiger partial charge in [-0.25, -0.2) is 0 Å². The quantitative estimate of drug-likeness (QED) is 0.515. The molecule has 0 amide bonds. The van der Waals surface area contributed by atoms with Crippen molar-refractivity contribution in [2.75, 3.05) is 0 Å². The molecule has 1 aliphatic heterocycles. The van der Waals surface area contributed by atoms with E-state index in [4.69, 9.17) is 5.73 Å². The van der Waals surface area contributed by atoms with E-state index in [1.54, 1.807) is 0 Å². The van der Waals surface area contributed by atoms with Crippen molar-refractivity contribution in [1.29, 1.82) is 0 Å². The summed E-state index contributed by atoms with van der Waals surface area (Å²) in [6.45, 7) is 4.10. The van der Waals surface area contributed by atoms with Crippen LogP contribution in [0.4, 0.5) is 0 Å². The third-order valence-electron chi connectivity index (χ3n) is 2.95. The standard InChI is InChI=1S/C13H25N3/c1-3-4-5-6-7-8-9-13-15-10-11-16(13)12(2)14/h3-4,10-13,15H,5-9,14H2,1-2H3/b4-3+. The van der Waals surface area contributed by atoms with E-state index < -0.39 is 0 Å². The molecule has 92 valence electrons. The second-order valence-electron chi connectivity index (χ2n) is 4.39. The zero-order chi connectivity index (χ0) is 11.8. The summed E-state index contributed by atoms with van der Waals surface area (Å²) in [5, 5.41) is 3.34. The SMILES string of the molecule is C/C=C/CCCCCC1NC=CN1C(C)N. The molecule has 0 saturated heterocycles. The van der Waals surface area contributed by atoms with Crippen LogP contribution in [0.15, 0.2) is 24.6 Å². The molecule has 0 radical (unpaired) electrons. The third-order valence-corrected chi connectivity index (χ3v) is 2.95. The summed E-state index contributed by atoms with van der Waals surface area (Å²) in [5.74, 6) is 0. The Kier molecular flexibility index (Phi) is 6.01. The number of unbranched alkanes of at least 4 members (excludes halogenated alkanes) is 3. The molecule has 0 spiro atoms. The van der Waals surface area contributed by atoms with Crippen molar-refractivity contribution in [2.45, 2.75) is 58.3 Å². The van der Waals surface area contributed by atoms with E-state index >= 15 is 0 Å². The second kappa shape index (κ2) is 7.34. The highest BCUT2D eigenvalue weighted by atomic mass is 15.3. The van der Waals surface area contributed by atoms with Gasteiger partial charge in [-0.3, -0.25) is 0 Å². The summed E-state index contributed by atoms with van der Waals surface area (Å²) < 4.78 is 0. The lowest BCUT2D eigenvalue weighted by Crippen LogP contribution is -2.44. The summed E-state index contributed by atoms with van der Waals surface area (Å²) in [6, 6.07) is 0. The number of hydrogen-bond acceptors (Lipinski definition) is 3. The van der Waals surface area contributed by atoms with Crippen LogP contribution in [-0.2, 0) is 0 Å². The summed E-state index contributed by atoms with van der Waals surface area (Å²) in [6.07, 6.45) is 15.2. The zero-order valence-electron chi connectivity index (χ0n) is 10.5. The lowest BCUT2D eigenvalue weighted by molar-refractivity contribution is 0.208. The molecule has 2 atom stereocenters. The fraction of sp³-hybridized carbons (Fsp3) is 0.692. The fourth-order valence-electron chi connectivity index (χ4n) is 2.03. The van der Waals surface area contributed by atoms with Crippen molar-refractivity contribution in [2.24, 2.45) is 5.73 Å². The van der Waals surface area contributed by atoms with Gasteiger partial charge in [0.25, 0.3) is 0 Å². The molecule has 0 aromatic heterocycles. The van der Waals surface area contributed by atoms with Crippen molar-refractivity contribution in [3.63, 3.8) is 0 Å². The van der Waals surface area contributed by atoms with Crippen LogP contribution >= 0.6 is 0 Å². The molecule has 1 heterocycles. The Morgan fingerprint density at radius 2 is 2.25 bits per heavy atom. The Morgan fingerprint density at radius 3 is 2.94 bits per heavy atom. The van der Waals surface area contributed by atoms with E-state index in [0.29, 0.717) is 6.17 Å². The number of nitrogens with two attached hydrogens (primary N) is 1. The smallest absolute Gasteiger partial charge is 0.0995 e. The van der Waals surface area contributed by atoms with Crippen molar-refractivity contribution >= 4 is 0 Å². The molecule has 3 N–H and O–H groups in total. The Hall–Kier alpha value is -0.960. The van der Waals surface area contributed by atoms with Gasteiger partial charge < -0.3 is 16.0 Å². The molecule has 0 aromatic carbocycles. The highest BCUT2D eigenvalue weighted by Crippen LogP contribution is 2.14. The minimum absolute atomic E-state index is 0.0966. The molecule has 0 bridgehead atoms. The number of allylic oxidation sites excluding steroid dienone is 2. The normalized spacial score (nSPS) is 21.7. The molecule has 2 unspecified atom stereocenters. The topological polar surface area (TPSA) is 41.3 Å². The molecular weight excluding hydrogens is 198 g/mol.